The lowest BCUT2D eigenvalue weighted by molar-refractivity contribution is 0.700. The molecule has 0 bridgehead atoms. The van der Waals surface area contributed by atoms with Gasteiger partial charge in [-0.05, 0) is 91.3 Å². The number of rotatable bonds is 3. The van der Waals surface area contributed by atoms with Gasteiger partial charge in [0.2, 0.25) is 10.6 Å². The van der Waals surface area contributed by atoms with Crippen LogP contribution in [0.2, 0.25) is 15.7 Å². The molecule has 1 aromatic carbocycles. The van der Waals surface area contributed by atoms with Crippen LogP contribution in [0.3, 0.4) is 0 Å². The number of anilines is 1. The summed E-state index contributed by atoms with van der Waals surface area (Å²) in [4.78, 5) is 21.9. The summed E-state index contributed by atoms with van der Waals surface area (Å²) >= 11 is 21.5. The third-order valence-electron chi connectivity index (χ3n) is 6.83. The SMILES string of the molecule is Clc1nc(Cl)c2c3c(sc2n1)CCCC3.Clc1nc(NCc2ccccc2)c2c3c(sc2n1)CCCC3. The minimum Gasteiger partial charge on any atom is -0.365 e. The molecule has 7 rings (SSSR count). The maximum Gasteiger partial charge on any atom is 0.225 e. The molecule has 0 radical (unpaired) electrons. The lowest BCUT2D eigenvalue weighted by atomic mass is 9.97. The van der Waals surface area contributed by atoms with E-state index in [9.17, 15) is 0 Å². The second-order valence-electron chi connectivity index (χ2n) is 9.25. The second kappa shape index (κ2) is 11.0. The molecule has 0 unspecified atom stereocenters. The average molecular weight is 589 g/mol. The van der Waals surface area contributed by atoms with Crippen LogP contribution in [0.4, 0.5) is 5.82 Å². The molecule has 0 fully saturated rings. The van der Waals surface area contributed by atoms with Crippen molar-refractivity contribution in [2.24, 2.45) is 0 Å². The monoisotopic (exact) mass is 587 g/mol. The molecule has 0 amide bonds. The van der Waals surface area contributed by atoms with Crippen LogP contribution in [0.25, 0.3) is 20.4 Å². The molecule has 0 spiro atoms. The van der Waals surface area contributed by atoms with Crippen molar-refractivity contribution in [3.63, 3.8) is 0 Å². The Morgan fingerprint density at radius 2 is 1.24 bits per heavy atom. The van der Waals surface area contributed by atoms with Gasteiger partial charge in [0.05, 0.1) is 10.8 Å². The van der Waals surface area contributed by atoms with E-state index in [1.54, 1.807) is 22.7 Å². The Labute approximate surface area is 238 Å². The maximum absolute atomic E-state index is 6.11. The van der Waals surface area contributed by atoms with Gasteiger partial charge in [-0.3, -0.25) is 0 Å². The standard InChI is InChI=1S/C17H16ClN3S.C10H8Cl2N2S/c18-17-20-15(19-10-11-6-2-1-3-7-11)14-12-8-4-5-9-13(12)22-16(14)21-17;11-8-7-5-3-1-2-4-6(5)15-9(7)14-10(12)13-8/h1-3,6-7H,4-5,8-10H2,(H,19,20,21);1-4H2. The normalized spacial score (nSPS) is 14.7. The minimum absolute atomic E-state index is 0.242. The molecule has 5 nitrogen and oxygen atoms in total. The van der Waals surface area contributed by atoms with Gasteiger partial charge in [0.25, 0.3) is 0 Å². The number of fused-ring (bicyclic) bond motifs is 6. The van der Waals surface area contributed by atoms with Gasteiger partial charge in [-0.25, -0.2) is 19.9 Å². The van der Waals surface area contributed by atoms with E-state index in [4.69, 9.17) is 34.8 Å². The van der Waals surface area contributed by atoms with Gasteiger partial charge >= 0.3 is 0 Å². The highest BCUT2D eigenvalue weighted by Gasteiger charge is 2.21. The summed E-state index contributed by atoms with van der Waals surface area (Å²) in [5.41, 5.74) is 4.01. The number of thiophene rings is 2. The lowest BCUT2D eigenvalue weighted by Gasteiger charge is -2.12. The third-order valence-corrected chi connectivity index (χ3v) is 9.82. The lowest BCUT2D eigenvalue weighted by Crippen LogP contribution is -2.04. The van der Waals surface area contributed by atoms with E-state index in [1.807, 2.05) is 18.2 Å². The summed E-state index contributed by atoms with van der Waals surface area (Å²) in [6.45, 7) is 0.744. The smallest absolute Gasteiger partial charge is 0.225 e. The topological polar surface area (TPSA) is 63.6 Å². The van der Waals surface area contributed by atoms with Crippen molar-refractivity contribution in [2.75, 3.05) is 5.32 Å². The van der Waals surface area contributed by atoms with Crippen molar-refractivity contribution >= 4 is 83.7 Å². The van der Waals surface area contributed by atoms with Gasteiger partial charge in [-0.1, -0.05) is 41.9 Å². The van der Waals surface area contributed by atoms with E-state index in [-0.39, 0.29) is 5.28 Å². The van der Waals surface area contributed by atoms with Gasteiger partial charge in [0.15, 0.2) is 0 Å². The van der Waals surface area contributed by atoms with Gasteiger partial charge in [0, 0.05) is 16.3 Å². The van der Waals surface area contributed by atoms with E-state index in [0.29, 0.717) is 10.4 Å². The van der Waals surface area contributed by atoms with Crippen LogP contribution in [0, 0.1) is 0 Å². The molecule has 2 aliphatic rings. The summed E-state index contributed by atoms with van der Waals surface area (Å²) in [6.07, 6.45) is 9.54. The fourth-order valence-electron chi connectivity index (χ4n) is 5.13. The number of nitrogens with zero attached hydrogens (tertiary/aromatic N) is 4. The molecular formula is C27H24Cl3N5S2. The molecule has 4 heterocycles. The predicted molar refractivity (Wildman–Crippen MR) is 157 cm³/mol. The number of hydrogen-bond donors (Lipinski definition) is 1. The van der Waals surface area contributed by atoms with Crippen molar-refractivity contribution in [3.8, 4) is 0 Å². The Morgan fingerprint density at radius 3 is 1.92 bits per heavy atom. The highest BCUT2D eigenvalue weighted by Crippen LogP contribution is 2.40. The zero-order chi connectivity index (χ0) is 25.4. The number of hydrogen-bond acceptors (Lipinski definition) is 7. The Kier molecular flexibility index (Phi) is 7.50. The molecule has 1 N–H and O–H groups in total. The third kappa shape index (κ3) is 5.30. The van der Waals surface area contributed by atoms with Gasteiger partial charge in [-0.2, -0.15) is 0 Å². The molecule has 4 aromatic heterocycles. The van der Waals surface area contributed by atoms with Crippen LogP contribution < -0.4 is 5.32 Å². The molecule has 0 aliphatic heterocycles. The van der Waals surface area contributed by atoms with E-state index in [1.165, 1.54) is 57.5 Å². The van der Waals surface area contributed by atoms with Crippen LogP contribution in [0.5, 0.6) is 0 Å². The van der Waals surface area contributed by atoms with E-state index in [2.05, 4.69) is 37.4 Å². The Bertz CT molecular complexity index is 1580. The first-order valence-electron chi connectivity index (χ1n) is 12.5. The molecule has 0 saturated carbocycles. The highest BCUT2D eigenvalue weighted by molar-refractivity contribution is 7.19. The van der Waals surface area contributed by atoms with Crippen LogP contribution in [0.1, 0.15) is 52.1 Å². The number of nitrogens with one attached hydrogen (secondary N) is 1. The van der Waals surface area contributed by atoms with E-state index < -0.39 is 0 Å². The molecule has 0 atom stereocenters. The fraction of sp³-hybridized carbons (Fsp3) is 0.333. The van der Waals surface area contributed by atoms with Crippen LogP contribution >= 0.6 is 57.5 Å². The van der Waals surface area contributed by atoms with Crippen molar-refractivity contribution in [1.82, 2.24) is 19.9 Å². The Balaban J connectivity index is 0.000000146. The Hall–Kier alpha value is -2.03. The van der Waals surface area contributed by atoms with Crippen LogP contribution in [0.15, 0.2) is 30.3 Å². The van der Waals surface area contributed by atoms with Gasteiger partial charge in [0.1, 0.15) is 20.6 Å². The predicted octanol–water partition coefficient (Wildman–Crippen LogP) is 8.71. The summed E-state index contributed by atoms with van der Waals surface area (Å²) in [5, 5.41) is 6.73. The molecule has 190 valence electrons. The van der Waals surface area contributed by atoms with Crippen molar-refractivity contribution in [2.45, 2.75) is 57.9 Å². The molecule has 37 heavy (non-hydrogen) atoms. The van der Waals surface area contributed by atoms with Gasteiger partial charge < -0.3 is 5.32 Å². The van der Waals surface area contributed by atoms with Crippen LogP contribution in [-0.4, -0.2) is 19.9 Å². The maximum atomic E-state index is 6.11. The molecule has 0 saturated heterocycles. The summed E-state index contributed by atoms with van der Waals surface area (Å²) in [7, 11) is 0. The first-order valence-corrected chi connectivity index (χ1v) is 15.2. The first-order chi connectivity index (χ1) is 18.1. The zero-order valence-electron chi connectivity index (χ0n) is 20.0. The van der Waals surface area contributed by atoms with E-state index >= 15 is 0 Å². The first kappa shape index (κ1) is 25.3. The Morgan fingerprint density at radius 1 is 0.676 bits per heavy atom. The number of aryl methyl sites for hydroxylation is 4. The largest absolute Gasteiger partial charge is 0.365 e. The zero-order valence-corrected chi connectivity index (χ0v) is 23.9. The summed E-state index contributed by atoms with van der Waals surface area (Å²) in [5.74, 6) is 0.873. The molecule has 2 aliphatic carbocycles. The fourth-order valence-corrected chi connectivity index (χ4v) is 8.47. The second-order valence-corrected chi connectivity index (χ2v) is 12.4. The average Bonchev–Trinajstić information content (AvgIpc) is 3.46. The van der Waals surface area contributed by atoms with Gasteiger partial charge in [-0.15, -0.1) is 22.7 Å². The van der Waals surface area contributed by atoms with Crippen LogP contribution in [-0.2, 0) is 32.2 Å². The summed E-state index contributed by atoms with van der Waals surface area (Å²) < 4.78 is 0. The summed E-state index contributed by atoms with van der Waals surface area (Å²) in [6, 6.07) is 10.3. The highest BCUT2D eigenvalue weighted by atomic mass is 35.5. The van der Waals surface area contributed by atoms with Crippen molar-refractivity contribution < 1.29 is 0 Å². The number of aromatic nitrogens is 4. The minimum atomic E-state index is 0.242. The molecular weight excluding hydrogens is 565 g/mol. The number of benzene rings is 1. The van der Waals surface area contributed by atoms with E-state index in [0.717, 1.165) is 53.1 Å². The van der Waals surface area contributed by atoms with Crippen molar-refractivity contribution in [3.05, 3.63) is 72.5 Å². The number of halogens is 3. The molecule has 5 aromatic rings. The van der Waals surface area contributed by atoms with Crippen molar-refractivity contribution in [1.29, 1.82) is 0 Å². The quantitative estimate of drug-likeness (QED) is 0.169. The molecule has 10 heteroatoms.